The molecule has 0 spiro atoms. The maximum absolute atomic E-state index is 12.9. The Bertz CT molecular complexity index is 797. The number of carbonyl (C=O) groups excluding carboxylic acids is 2. The quantitative estimate of drug-likeness (QED) is 0.809. The third-order valence-electron chi connectivity index (χ3n) is 4.38. The number of amides is 2. The van der Waals surface area contributed by atoms with Gasteiger partial charge in [0.05, 0.1) is 11.3 Å². The van der Waals surface area contributed by atoms with Crippen molar-refractivity contribution >= 4 is 17.5 Å². The molecular formula is C18H16N2O2. The van der Waals surface area contributed by atoms with Crippen molar-refractivity contribution in [1.82, 2.24) is 4.90 Å². The Hall–Kier alpha value is -2.62. The normalized spacial score (nSPS) is 19.3. The van der Waals surface area contributed by atoms with E-state index in [-0.39, 0.29) is 24.0 Å². The molecule has 4 rings (SSSR count). The van der Waals surface area contributed by atoms with Crippen LogP contribution >= 0.6 is 0 Å². The molecule has 0 saturated carbocycles. The van der Waals surface area contributed by atoms with Crippen LogP contribution in [0.3, 0.4) is 0 Å². The van der Waals surface area contributed by atoms with Crippen molar-refractivity contribution in [3.8, 4) is 0 Å². The van der Waals surface area contributed by atoms with Gasteiger partial charge in [-0.3, -0.25) is 14.5 Å². The summed E-state index contributed by atoms with van der Waals surface area (Å²) in [5.74, 6) is -0.0532. The van der Waals surface area contributed by atoms with Crippen molar-refractivity contribution in [3.63, 3.8) is 0 Å². The summed E-state index contributed by atoms with van der Waals surface area (Å²) in [6.45, 7) is 3.96. The van der Waals surface area contributed by atoms with Crippen LogP contribution in [0.2, 0.25) is 0 Å². The molecule has 110 valence electrons. The average molecular weight is 292 g/mol. The van der Waals surface area contributed by atoms with Gasteiger partial charge in [-0.2, -0.15) is 0 Å². The van der Waals surface area contributed by atoms with Crippen molar-refractivity contribution in [2.75, 3.05) is 4.90 Å². The fourth-order valence-electron chi connectivity index (χ4n) is 3.44. The van der Waals surface area contributed by atoms with Gasteiger partial charge >= 0.3 is 0 Å². The lowest BCUT2D eigenvalue weighted by atomic mass is 10.0. The minimum absolute atomic E-state index is 0.00677. The molecule has 0 aromatic heterocycles. The Kier molecular flexibility index (Phi) is 2.64. The zero-order chi connectivity index (χ0) is 15.4. The van der Waals surface area contributed by atoms with Crippen LogP contribution in [0.25, 0.3) is 0 Å². The standard InChI is InChI=1S/C18H16N2O2/c1-11(2)19-16-12-7-3-4-8-13(12)17(21)20(16)15-10-6-5-9-14(15)18(19)22/h3-11,16H,1-2H3/t16-/m1/s1. The van der Waals surface area contributed by atoms with Gasteiger partial charge in [-0.25, -0.2) is 0 Å². The lowest BCUT2D eigenvalue weighted by Crippen LogP contribution is -2.50. The largest absolute Gasteiger partial charge is 0.311 e. The number of hydrogen-bond acceptors (Lipinski definition) is 2. The first-order valence-corrected chi connectivity index (χ1v) is 7.45. The van der Waals surface area contributed by atoms with E-state index in [4.69, 9.17) is 0 Å². The molecule has 0 fully saturated rings. The molecule has 1 atom stereocenters. The van der Waals surface area contributed by atoms with Crippen LogP contribution in [-0.2, 0) is 0 Å². The van der Waals surface area contributed by atoms with Crippen LogP contribution in [0.4, 0.5) is 5.69 Å². The van der Waals surface area contributed by atoms with Gasteiger partial charge in [0.2, 0.25) is 0 Å². The summed E-state index contributed by atoms with van der Waals surface area (Å²) in [6, 6.07) is 14.9. The highest BCUT2D eigenvalue weighted by Crippen LogP contribution is 2.45. The summed E-state index contributed by atoms with van der Waals surface area (Å²) in [7, 11) is 0. The lowest BCUT2D eigenvalue weighted by Gasteiger charge is -2.43. The summed E-state index contributed by atoms with van der Waals surface area (Å²) in [4.78, 5) is 29.3. The van der Waals surface area contributed by atoms with E-state index in [9.17, 15) is 9.59 Å². The summed E-state index contributed by atoms with van der Waals surface area (Å²) in [5.41, 5.74) is 2.89. The lowest BCUT2D eigenvalue weighted by molar-refractivity contribution is 0.0577. The predicted molar refractivity (Wildman–Crippen MR) is 83.7 cm³/mol. The molecule has 0 N–H and O–H groups in total. The number of fused-ring (bicyclic) bond motifs is 5. The third-order valence-corrected chi connectivity index (χ3v) is 4.38. The van der Waals surface area contributed by atoms with E-state index in [0.717, 1.165) is 5.56 Å². The third kappa shape index (κ3) is 1.52. The number of benzene rings is 2. The van der Waals surface area contributed by atoms with Crippen molar-refractivity contribution in [3.05, 3.63) is 65.2 Å². The smallest absolute Gasteiger partial charge is 0.260 e. The van der Waals surface area contributed by atoms with Crippen LogP contribution < -0.4 is 4.90 Å². The van der Waals surface area contributed by atoms with E-state index in [1.807, 2.05) is 56.3 Å². The fourth-order valence-corrected chi connectivity index (χ4v) is 3.44. The van der Waals surface area contributed by atoms with Gasteiger partial charge in [-0.1, -0.05) is 30.3 Å². The molecule has 0 radical (unpaired) electrons. The van der Waals surface area contributed by atoms with E-state index >= 15 is 0 Å². The van der Waals surface area contributed by atoms with Crippen LogP contribution in [-0.4, -0.2) is 22.8 Å². The van der Waals surface area contributed by atoms with Gasteiger partial charge in [0.1, 0.15) is 6.17 Å². The SMILES string of the molecule is CC(C)N1C(=O)c2ccccc2N2C(=O)c3ccccc3[C@@H]21. The highest BCUT2D eigenvalue weighted by molar-refractivity contribution is 6.16. The van der Waals surface area contributed by atoms with Gasteiger partial charge in [0.25, 0.3) is 11.8 Å². The first kappa shape index (κ1) is 13.1. The molecule has 2 heterocycles. The Morgan fingerprint density at radius 3 is 2.23 bits per heavy atom. The van der Waals surface area contributed by atoms with Gasteiger partial charge < -0.3 is 4.90 Å². The second kappa shape index (κ2) is 4.44. The van der Waals surface area contributed by atoms with Crippen LogP contribution in [0, 0.1) is 0 Å². The van der Waals surface area contributed by atoms with E-state index in [1.165, 1.54) is 0 Å². The molecule has 0 unspecified atom stereocenters. The highest BCUT2D eigenvalue weighted by atomic mass is 16.2. The van der Waals surface area contributed by atoms with Crippen LogP contribution in [0.15, 0.2) is 48.5 Å². The molecule has 2 aromatic rings. The maximum Gasteiger partial charge on any atom is 0.260 e. The Morgan fingerprint density at radius 1 is 0.864 bits per heavy atom. The second-order valence-corrected chi connectivity index (χ2v) is 5.96. The molecular weight excluding hydrogens is 276 g/mol. The van der Waals surface area contributed by atoms with Crippen LogP contribution in [0.1, 0.15) is 46.3 Å². The maximum atomic E-state index is 12.9. The highest BCUT2D eigenvalue weighted by Gasteiger charge is 2.48. The van der Waals surface area contributed by atoms with E-state index in [0.29, 0.717) is 16.8 Å². The first-order valence-electron chi connectivity index (χ1n) is 7.45. The molecule has 2 aromatic carbocycles. The van der Waals surface area contributed by atoms with E-state index in [1.54, 1.807) is 15.9 Å². The molecule has 0 aliphatic carbocycles. The van der Waals surface area contributed by atoms with Crippen molar-refractivity contribution in [1.29, 1.82) is 0 Å². The summed E-state index contributed by atoms with van der Waals surface area (Å²) in [5, 5.41) is 0. The van der Waals surface area contributed by atoms with E-state index in [2.05, 4.69) is 0 Å². The van der Waals surface area contributed by atoms with Gasteiger partial charge in [-0.15, -0.1) is 0 Å². The number of para-hydroxylation sites is 1. The van der Waals surface area contributed by atoms with Gasteiger partial charge in [0, 0.05) is 17.2 Å². The average Bonchev–Trinajstić information content (AvgIpc) is 2.81. The zero-order valence-corrected chi connectivity index (χ0v) is 12.5. The van der Waals surface area contributed by atoms with Crippen molar-refractivity contribution in [2.24, 2.45) is 0 Å². The first-order chi connectivity index (χ1) is 10.6. The van der Waals surface area contributed by atoms with Gasteiger partial charge in [0.15, 0.2) is 0 Å². The molecule has 2 aliphatic heterocycles. The summed E-state index contributed by atoms with van der Waals surface area (Å²) >= 11 is 0. The topological polar surface area (TPSA) is 40.6 Å². The van der Waals surface area contributed by atoms with Crippen LogP contribution in [0.5, 0.6) is 0 Å². The number of carbonyl (C=O) groups is 2. The molecule has 2 amide bonds. The molecule has 2 aliphatic rings. The molecule has 22 heavy (non-hydrogen) atoms. The monoisotopic (exact) mass is 292 g/mol. The second-order valence-electron chi connectivity index (χ2n) is 5.96. The Morgan fingerprint density at radius 2 is 1.50 bits per heavy atom. The molecule has 4 nitrogen and oxygen atoms in total. The van der Waals surface area contributed by atoms with E-state index < -0.39 is 0 Å². The predicted octanol–water partition coefficient (Wildman–Crippen LogP) is 3.21. The number of nitrogens with zero attached hydrogens (tertiary/aromatic N) is 2. The number of hydrogen-bond donors (Lipinski definition) is 0. The molecule has 0 saturated heterocycles. The zero-order valence-electron chi connectivity index (χ0n) is 12.5. The minimum Gasteiger partial charge on any atom is -0.311 e. The number of anilines is 1. The fraction of sp³-hybridized carbons (Fsp3) is 0.222. The molecule has 0 bridgehead atoms. The van der Waals surface area contributed by atoms with Crippen molar-refractivity contribution in [2.45, 2.75) is 26.1 Å². The summed E-state index contributed by atoms with van der Waals surface area (Å²) < 4.78 is 0. The Balaban J connectivity index is 2.01. The van der Waals surface area contributed by atoms with Crippen molar-refractivity contribution < 1.29 is 9.59 Å². The summed E-state index contributed by atoms with van der Waals surface area (Å²) in [6.07, 6.45) is -0.342. The molecule has 4 heteroatoms. The number of rotatable bonds is 1. The van der Waals surface area contributed by atoms with Gasteiger partial charge in [-0.05, 0) is 32.0 Å². The Labute approximate surface area is 129 Å². The minimum atomic E-state index is -0.342.